The van der Waals surface area contributed by atoms with Crippen LogP contribution >= 0.6 is 11.6 Å². The van der Waals surface area contributed by atoms with Gasteiger partial charge in [0.2, 0.25) is 0 Å². The normalized spacial score (nSPS) is 11.6. The van der Waals surface area contributed by atoms with Crippen LogP contribution in [-0.4, -0.2) is 10.1 Å². The van der Waals surface area contributed by atoms with Gasteiger partial charge < -0.3 is 5.11 Å². The lowest BCUT2D eigenvalue weighted by molar-refractivity contribution is -0.137. The molecule has 2 nitrogen and oxygen atoms in total. The summed E-state index contributed by atoms with van der Waals surface area (Å²) >= 11 is 5.78. The van der Waals surface area contributed by atoms with Gasteiger partial charge in [0.25, 0.3) is 0 Å². The molecular formula is C13H9ClF3NO. The molecule has 0 radical (unpaired) electrons. The standard InChI is InChI=1S/C13H9ClF3NO/c1-7-4-12(19)10(14)5-9(7)11-3-2-8(6-18-11)13(15,16)17/h2-6,19H,1H3. The van der Waals surface area contributed by atoms with E-state index >= 15 is 0 Å². The summed E-state index contributed by atoms with van der Waals surface area (Å²) in [6.45, 7) is 1.71. The van der Waals surface area contributed by atoms with Crippen molar-refractivity contribution in [3.8, 4) is 17.0 Å². The highest BCUT2D eigenvalue weighted by molar-refractivity contribution is 6.32. The summed E-state index contributed by atoms with van der Waals surface area (Å²) in [7, 11) is 0. The first-order valence-electron chi connectivity index (χ1n) is 5.32. The lowest BCUT2D eigenvalue weighted by atomic mass is 10.0. The predicted octanol–water partition coefficient (Wildman–Crippen LogP) is 4.43. The highest BCUT2D eigenvalue weighted by Crippen LogP contribution is 2.33. The topological polar surface area (TPSA) is 33.1 Å². The molecular weight excluding hydrogens is 279 g/mol. The van der Waals surface area contributed by atoms with E-state index in [0.717, 1.165) is 12.3 Å². The summed E-state index contributed by atoms with van der Waals surface area (Å²) in [5, 5.41) is 9.55. The van der Waals surface area contributed by atoms with Crippen molar-refractivity contribution < 1.29 is 18.3 Å². The molecule has 0 aliphatic rings. The zero-order valence-electron chi connectivity index (χ0n) is 9.79. The molecule has 0 unspecified atom stereocenters. The molecule has 0 saturated carbocycles. The number of hydrogen-bond acceptors (Lipinski definition) is 2. The summed E-state index contributed by atoms with van der Waals surface area (Å²) in [4.78, 5) is 3.79. The molecule has 0 bridgehead atoms. The third-order valence-corrected chi connectivity index (χ3v) is 2.96. The van der Waals surface area contributed by atoms with Gasteiger partial charge in [-0.2, -0.15) is 13.2 Å². The van der Waals surface area contributed by atoms with E-state index < -0.39 is 11.7 Å². The molecule has 19 heavy (non-hydrogen) atoms. The first kappa shape index (κ1) is 13.7. The van der Waals surface area contributed by atoms with Crippen LogP contribution in [0, 0.1) is 6.92 Å². The van der Waals surface area contributed by atoms with Gasteiger partial charge in [-0.05, 0) is 36.8 Å². The second-order valence-corrected chi connectivity index (χ2v) is 4.46. The zero-order chi connectivity index (χ0) is 14.2. The summed E-state index contributed by atoms with van der Waals surface area (Å²) < 4.78 is 37.3. The summed E-state index contributed by atoms with van der Waals surface area (Å²) in [5.74, 6) is -0.0742. The van der Waals surface area contributed by atoms with E-state index in [1.807, 2.05) is 0 Å². The number of halogens is 4. The van der Waals surface area contributed by atoms with Gasteiger partial charge in [-0.25, -0.2) is 0 Å². The van der Waals surface area contributed by atoms with Gasteiger partial charge in [0.1, 0.15) is 5.75 Å². The third-order valence-electron chi connectivity index (χ3n) is 2.66. The van der Waals surface area contributed by atoms with Gasteiger partial charge in [0.15, 0.2) is 0 Å². The molecule has 2 rings (SSSR count). The second-order valence-electron chi connectivity index (χ2n) is 4.05. The molecule has 0 aliphatic heterocycles. The number of nitrogens with zero attached hydrogens (tertiary/aromatic N) is 1. The van der Waals surface area contributed by atoms with Gasteiger partial charge in [-0.15, -0.1) is 0 Å². The van der Waals surface area contributed by atoms with Crippen molar-refractivity contribution in [3.63, 3.8) is 0 Å². The largest absolute Gasteiger partial charge is 0.506 e. The molecule has 0 atom stereocenters. The number of rotatable bonds is 1. The first-order valence-corrected chi connectivity index (χ1v) is 5.69. The van der Waals surface area contributed by atoms with Crippen LogP contribution in [0.4, 0.5) is 13.2 Å². The highest BCUT2D eigenvalue weighted by Gasteiger charge is 2.30. The second kappa shape index (κ2) is 4.74. The van der Waals surface area contributed by atoms with Crippen molar-refractivity contribution in [1.29, 1.82) is 0 Å². The minimum absolute atomic E-state index is 0.0742. The molecule has 0 amide bonds. The highest BCUT2D eigenvalue weighted by atomic mass is 35.5. The number of alkyl halides is 3. The van der Waals surface area contributed by atoms with Crippen LogP contribution in [-0.2, 0) is 6.18 Å². The van der Waals surface area contributed by atoms with E-state index in [1.54, 1.807) is 6.92 Å². The molecule has 0 spiro atoms. The minimum atomic E-state index is -4.41. The Morgan fingerprint density at radius 1 is 1.21 bits per heavy atom. The number of hydrogen-bond donors (Lipinski definition) is 1. The van der Waals surface area contributed by atoms with Crippen LogP contribution in [0.15, 0.2) is 30.5 Å². The van der Waals surface area contributed by atoms with E-state index in [0.29, 0.717) is 16.8 Å². The van der Waals surface area contributed by atoms with Crippen LogP contribution in [0.1, 0.15) is 11.1 Å². The predicted molar refractivity (Wildman–Crippen MR) is 66.1 cm³/mol. The number of aromatic nitrogens is 1. The van der Waals surface area contributed by atoms with E-state index in [1.165, 1.54) is 18.2 Å². The quantitative estimate of drug-likeness (QED) is 0.841. The van der Waals surface area contributed by atoms with Crippen LogP contribution in [0.25, 0.3) is 11.3 Å². The van der Waals surface area contributed by atoms with Gasteiger partial charge in [0.05, 0.1) is 16.3 Å². The number of pyridine rings is 1. The summed E-state index contributed by atoms with van der Waals surface area (Å²) in [5.41, 5.74) is 0.817. The summed E-state index contributed by atoms with van der Waals surface area (Å²) in [6, 6.07) is 5.15. The van der Waals surface area contributed by atoms with E-state index in [-0.39, 0.29) is 10.8 Å². The average Bonchev–Trinajstić information content (AvgIpc) is 2.33. The molecule has 100 valence electrons. The number of aromatic hydroxyl groups is 1. The Kier molecular flexibility index (Phi) is 3.41. The van der Waals surface area contributed by atoms with Gasteiger partial charge in [0, 0.05) is 11.8 Å². The SMILES string of the molecule is Cc1cc(O)c(Cl)cc1-c1ccc(C(F)(F)F)cn1. The molecule has 1 aromatic heterocycles. The van der Waals surface area contributed by atoms with E-state index in [2.05, 4.69) is 4.98 Å². The molecule has 1 aromatic carbocycles. The Balaban J connectivity index is 2.46. The monoisotopic (exact) mass is 287 g/mol. The van der Waals surface area contributed by atoms with E-state index in [4.69, 9.17) is 11.6 Å². The fourth-order valence-corrected chi connectivity index (χ4v) is 1.83. The maximum Gasteiger partial charge on any atom is 0.417 e. The Hall–Kier alpha value is -1.75. The van der Waals surface area contributed by atoms with Crippen molar-refractivity contribution in [1.82, 2.24) is 4.98 Å². The number of benzene rings is 1. The summed E-state index contributed by atoms with van der Waals surface area (Å²) in [6.07, 6.45) is -3.64. The molecule has 2 aromatic rings. The molecule has 0 fully saturated rings. The van der Waals surface area contributed by atoms with Crippen molar-refractivity contribution in [2.24, 2.45) is 0 Å². The molecule has 0 saturated heterocycles. The van der Waals surface area contributed by atoms with Crippen LogP contribution in [0.3, 0.4) is 0 Å². The number of phenols is 1. The first-order chi connectivity index (χ1) is 8.79. The fraction of sp³-hybridized carbons (Fsp3) is 0.154. The van der Waals surface area contributed by atoms with Crippen molar-refractivity contribution in [2.75, 3.05) is 0 Å². The Morgan fingerprint density at radius 2 is 1.89 bits per heavy atom. The third kappa shape index (κ3) is 2.81. The molecule has 1 N–H and O–H groups in total. The lowest BCUT2D eigenvalue weighted by Crippen LogP contribution is -2.05. The van der Waals surface area contributed by atoms with Crippen LogP contribution in [0.5, 0.6) is 5.75 Å². The van der Waals surface area contributed by atoms with Crippen molar-refractivity contribution in [2.45, 2.75) is 13.1 Å². The lowest BCUT2D eigenvalue weighted by Gasteiger charge is -2.09. The average molecular weight is 288 g/mol. The minimum Gasteiger partial charge on any atom is -0.506 e. The van der Waals surface area contributed by atoms with Crippen molar-refractivity contribution in [3.05, 3.63) is 46.6 Å². The smallest absolute Gasteiger partial charge is 0.417 e. The van der Waals surface area contributed by atoms with Gasteiger partial charge in [-0.1, -0.05) is 11.6 Å². The Bertz CT molecular complexity index is 609. The van der Waals surface area contributed by atoms with Gasteiger partial charge in [-0.3, -0.25) is 4.98 Å². The fourth-order valence-electron chi connectivity index (χ4n) is 1.66. The maximum atomic E-state index is 12.4. The van der Waals surface area contributed by atoms with E-state index in [9.17, 15) is 18.3 Å². The zero-order valence-corrected chi connectivity index (χ0v) is 10.5. The molecule has 0 aliphatic carbocycles. The van der Waals surface area contributed by atoms with Crippen LogP contribution < -0.4 is 0 Å². The van der Waals surface area contributed by atoms with Crippen LogP contribution in [0.2, 0.25) is 5.02 Å². The molecule has 6 heteroatoms. The number of aryl methyl sites for hydroxylation is 1. The number of phenolic OH excluding ortho intramolecular Hbond substituents is 1. The Morgan fingerprint density at radius 3 is 2.42 bits per heavy atom. The Labute approximate surface area is 112 Å². The maximum absolute atomic E-state index is 12.4. The van der Waals surface area contributed by atoms with Crippen molar-refractivity contribution >= 4 is 11.6 Å². The van der Waals surface area contributed by atoms with Gasteiger partial charge >= 0.3 is 6.18 Å². The molecule has 1 heterocycles.